The molecule has 0 spiro atoms. The first-order valence-electron chi connectivity index (χ1n) is 2.86. The van der Waals surface area contributed by atoms with Gasteiger partial charge in [0, 0.05) is 13.6 Å². The molecule has 0 radical (unpaired) electrons. The minimum atomic E-state index is 1.08. The average molecular weight is 109 g/mol. The van der Waals surface area contributed by atoms with Crippen molar-refractivity contribution >= 4 is 0 Å². The van der Waals surface area contributed by atoms with E-state index in [-0.39, 0.29) is 0 Å². The summed E-state index contributed by atoms with van der Waals surface area (Å²) in [5.41, 5.74) is 1.41. The predicted molar refractivity (Wildman–Crippen MR) is 35.5 cm³/mol. The van der Waals surface area contributed by atoms with Gasteiger partial charge in [-0.15, -0.1) is 0 Å². The molecule has 0 N–H and O–H groups in total. The summed E-state index contributed by atoms with van der Waals surface area (Å²) in [4.78, 5) is 2.16. The molecule has 0 saturated carbocycles. The quantitative estimate of drug-likeness (QED) is 0.454. The van der Waals surface area contributed by atoms with Gasteiger partial charge in [0.15, 0.2) is 0 Å². The van der Waals surface area contributed by atoms with Crippen LogP contribution in [0.1, 0.15) is 6.92 Å². The molecule has 1 nitrogen and oxygen atoms in total. The van der Waals surface area contributed by atoms with E-state index >= 15 is 0 Å². The second-order valence-electron chi connectivity index (χ2n) is 2.09. The zero-order valence-electron chi connectivity index (χ0n) is 5.39. The van der Waals surface area contributed by atoms with Crippen molar-refractivity contribution in [3.05, 3.63) is 23.9 Å². The molecule has 1 heterocycles. The number of likely N-dealkylation sites (N-methyl/N-ethyl adjacent to an activating group) is 1. The van der Waals surface area contributed by atoms with Gasteiger partial charge >= 0.3 is 0 Å². The highest BCUT2D eigenvalue weighted by molar-refractivity contribution is 5.24. The summed E-state index contributed by atoms with van der Waals surface area (Å²) in [6.07, 6.45) is 6.37. The van der Waals surface area contributed by atoms with Crippen molar-refractivity contribution in [1.29, 1.82) is 0 Å². The van der Waals surface area contributed by atoms with Crippen molar-refractivity contribution in [2.24, 2.45) is 0 Å². The third-order valence-electron chi connectivity index (χ3n) is 1.35. The lowest BCUT2D eigenvalue weighted by Gasteiger charge is -2.04. The van der Waals surface area contributed by atoms with Crippen molar-refractivity contribution in [2.75, 3.05) is 13.6 Å². The van der Waals surface area contributed by atoms with E-state index in [1.165, 1.54) is 5.57 Å². The van der Waals surface area contributed by atoms with Gasteiger partial charge in [-0.2, -0.15) is 0 Å². The normalized spacial score (nSPS) is 23.2. The molecule has 44 valence electrons. The summed E-state index contributed by atoms with van der Waals surface area (Å²) >= 11 is 0. The van der Waals surface area contributed by atoms with Gasteiger partial charge < -0.3 is 4.90 Å². The molecule has 0 saturated heterocycles. The van der Waals surface area contributed by atoms with Crippen LogP contribution in [0.15, 0.2) is 23.9 Å². The van der Waals surface area contributed by atoms with E-state index in [4.69, 9.17) is 0 Å². The van der Waals surface area contributed by atoms with Crippen LogP contribution in [-0.4, -0.2) is 18.5 Å². The van der Waals surface area contributed by atoms with E-state index in [1.54, 1.807) is 0 Å². The van der Waals surface area contributed by atoms with Gasteiger partial charge in [0.2, 0.25) is 0 Å². The Bertz CT molecular complexity index is 133. The van der Waals surface area contributed by atoms with Crippen molar-refractivity contribution in [3.63, 3.8) is 0 Å². The van der Waals surface area contributed by atoms with Gasteiger partial charge in [-0.1, -0.05) is 6.08 Å². The second kappa shape index (κ2) is 2.03. The zero-order valence-corrected chi connectivity index (χ0v) is 5.39. The SMILES string of the molecule is CC=C1C=CN(C)C1. The van der Waals surface area contributed by atoms with Crippen molar-refractivity contribution < 1.29 is 0 Å². The molecule has 0 aromatic carbocycles. The Labute approximate surface area is 50.3 Å². The van der Waals surface area contributed by atoms with E-state index in [0.29, 0.717) is 0 Å². The predicted octanol–water partition coefficient (Wildman–Crippen LogP) is 1.39. The van der Waals surface area contributed by atoms with Crippen LogP contribution in [0, 0.1) is 0 Å². The smallest absolute Gasteiger partial charge is 0.0418 e. The van der Waals surface area contributed by atoms with Crippen molar-refractivity contribution in [2.45, 2.75) is 6.92 Å². The first-order valence-corrected chi connectivity index (χ1v) is 2.86. The standard InChI is InChI=1S/C7H11N/c1-3-7-4-5-8(2)6-7/h3-5H,6H2,1-2H3. The van der Waals surface area contributed by atoms with Crippen LogP contribution >= 0.6 is 0 Å². The largest absolute Gasteiger partial charge is 0.376 e. The van der Waals surface area contributed by atoms with Crippen LogP contribution in [0.5, 0.6) is 0 Å². The van der Waals surface area contributed by atoms with Gasteiger partial charge in [0.1, 0.15) is 0 Å². The minimum Gasteiger partial charge on any atom is -0.376 e. The highest BCUT2D eigenvalue weighted by Crippen LogP contribution is 2.07. The molecule has 0 unspecified atom stereocenters. The average Bonchev–Trinajstić information content (AvgIpc) is 2.14. The topological polar surface area (TPSA) is 3.24 Å². The van der Waals surface area contributed by atoms with Crippen LogP contribution < -0.4 is 0 Å². The monoisotopic (exact) mass is 109 g/mol. The molecular formula is C7H11N. The molecule has 0 aliphatic carbocycles. The number of rotatable bonds is 0. The number of allylic oxidation sites excluding steroid dienone is 1. The van der Waals surface area contributed by atoms with Crippen LogP contribution in [0.2, 0.25) is 0 Å². The Morgan fingerprint density at radius 1 is 1.75 bits per heavy atom. The molecule has 0 amide bonds. The Hall–Kier alpha value is -0.720. The van der Waals surface area contributed by atoms with E-state index in [9.17, 15) is 0 Å². The van der Waals surface area contributed by atoms with Gasteiger partial charge in [0.25, 0.3) is 0 Å². The number of nitrogens with zero attached hydrogens (tertiary/aromatic N) is 1. The van der Waals surface area contributed by atoms with E-state index in [0.717, 1.165) is 6.54 Å². The van der Waals surface area contributed by atoms with Crippen LogP contribution in [0.3, 0.4) is 0 Å². The van der Waals surface area contributed by atoms with E-state index in [1.807, 2.05) is 0 Å². The molecule has 0 aromatic rings. The summed E-state index contributed by atoms with van der Waals surface area (Å²) < 4.78 is 0. The Kier molecular flexibility index (Phi) is 1.38. The van der Waals surface area contributed by atoms with Crippen molar-refractivity contribution in [3.8, 4) is 0 Å². The Morgan fingerprint density at radius 3 is 2.75 bits per heavy atom. The lowest BCUT2D eigenvalue weighted by molar-refractivity contribution is 0.522. The number of hydrogen-bond acceptors (Lipinski definition) is 1. The molecule has 1 aliphatic heterocycles. The second-order valence-corrected chi connectivity index (χ2v) is 2.09. The number of hydrogen-bond donors (Lipinski definition) is 0. The summed E-state index contributed by atoms with van der Waals surface area (Å²) in [6.45, 7) is 3.15. The first-order chi connectivity index (χ1) is 3.83. The highest BCUT2D eigenvalue weighted by Gasteiger charge is 2.00. The summed E-state index contributed by atoms with van der Waals surface area (Å²) in [7, 11) is 2.08. The van der Waals surface area contributed by atoms with E-state index in [2.05, 4.69) is 37.2 Å². The van der Waals surface area contributed by atoms with Gasteiger partial charge in [-0.25, -0.2) is 0 Å². The minimum absolute atomic E-state index is 1.08. The Morgan fingerprint density at radius 2 is 2.50 bits per heavy atom. The summed E-state index contributed by atoms with van der Waals surface area (Å²) in [5, 5.41) is 0. The molecule has 0 aromatic heterocycles. The summed E-state index contributed by atoms with van der Waals surface area (Å²) in [5.74, 6) is 0. The Balaban J connectivity index is 2.59. The lowest BCUT2D eigenvalue weighted by Crippen LogP contribution is -2.06. The third kappa shape index (κ3) is 0.915. The molecule has 1 rings (SSSR count). The maximum Gasteiger partial charge on any atom is 0.0418 e. The maximum atomic E-state index is 2.16. The molecule has 8 heavy (non-hydrogen) atoms. The first kappa shape index (κ1) is 5.42. The molecular weight excluding hydrogens is 98.1 g/mol. The molecule has 0 fully saturated rings. The molecule has 1 aliphatic rings. The van der Waals surface area contributed by atoms with Gasteiger partial charge in [0.05, 0.1) is 0 Å². The van der Waals surface area contributed by atoms with Gasteiger partial charge in [-0.05, 0) is 24.8 Å². The fraction of sp³-hybridized carbons (Fsp3) is 0.429. The summed E-state index contributed by atoms with van der Waals surface area (Å²) in [6, 6.07) is 0. The van der Waals surface area contributed by atoms with Crippen molar-refractivity contribution in [1.82, 2.24) is 4.90 Å². The fourth-order valence-electron chi connectivity index (χ4n) is 0.804. The lowest BCUT2D eigenvalue weighted by atomic mass is 10.3. The zero-order chi connectivity index (χ0) is 5.98. The van der Waals surface area contributed by atoms with Gasteiger partial charge in [-0.3, -0.25) is 0 Å². The van der Waals surface area contributed by atoms with Crippen LogP contribution in [-0.2, 0) is 0 Å². The molecule has 0 atom stereocenters. The third-order valence-corrected chi connectivity index (χ3v) is 1.35. The van der Waals surface area contributed by atoms with Crippen LogP contribution in [0.4, 0.5) is 0 Å². The molecule has 0 bridgehead atoms. The molecule has 1 heteroatoms. The van der Waals surface area contributed by atoms with Crippen LogP contribution in [0.25, 0.3) is 0 Å². The maximum absolute atomic E-state index is 2.16. The fourth-order valence-corrected chi connectivity index (χ4v) is 0.804. The van der Waals surface area contributed by atoms with E-state index < -0.39 is 0 Å². The highest BCUT2D eigenvalue weighted by atomic mass is 15.1.